The highest BCUT2D eigenvalue weighted by Crippen LogP contribution is 2.37. The van der Waals surface area contributed by atoms with Crippen molar-refractivity contribution in [1.29, 1.82) is 0 Å². The van der Waals surface area contributed by atoms with E-state index in [1.54, 1.807) is 17.5 Å². The van der Waals surface area contributed by atoms with E-state index < -0.39 is 0 Å². The number of ether oxygens (including phenoxy) is 1. The number of nitrogens with zero attached hydrogens (tertiary/aromatic N) is 1. The number of hydrogen-bond donors (Lipinski definition) is 2. The number of fused-ring (bicyclic) bond motifs is 1. The number of aromatic amines is 1. The first-order valence-electron chi connectivity index (χ1n) is 10.3. The van der Waals surface area contributed by atoms with Crippen LogP contribution in [-0.4, -0.2) is 29.7 Å². The number of H-pyrrole nitrogens is 1. The van der Waals surface area contributed by atoms with Crippen LogP contribution in [0, 0.1) is 5.92 Å². The number of pyridine rings is 2. The van der Waals surface area contributed by atoms with Crippen LogP contribution in [0.5, 0.6) is 5.75 Å². The number of aromatic nitrogens is 2. The second-order valence-electron chi connectivity index (χ2n) is 7.62. The highest BCUT2D eigenvalue weighted by atomic mass is 32.1. The molecule has 0 saturated carbocycles. The van der Waals surface area contributed by atoms with Crippen molar-refractivity contribution in [2.45, 2.75) is 12.8 Å². The van der Waals surface area contributed by atoms with E-state index in [2.05, 4.69) is 21.4 Å². The number of hydrogen-bond acceptors (Lipinski definition) is 5. The van der Waals surface area contributed by atoms with E-state index in [-0.39, 0.29) is 5.56 Å². The van der Waals surface area contributed by atoms with Crippen LogP contribution in [0.3, 0.4) is 0 Å². The average Bonchev–Trinajstić information content (AvgIpc) is 3.32. The monoisotopic (exact) mass is 417 g/mol. The zero-order chi connectivity index (χ0) is 20.3. The minimum Gasteiger partial charge on any atom is -0.492 e. The molecule has 0 radical (unpaired) electrons. The van der Waals surface area contributed by atoms with Crippen molar-refractivity contribution in [3.8, 4) is 27.4 Å². The molecule has 1 fully saturated rings. The lowest BCUT2D eigenvalue weighted by Gasteiger charge is -2.23. The first-order chi connectivity index (χ1) is 14.8. The molecule has 1 saturated heterocycles. The van der Waals surface area contributed by atoms with Gasteiger partial charge in [-0.3, -0.25) is 9.78 Å². The Kier molecular flexibility index (Phi) is 5.34. The molecule has 5 nitrogen and oxygen atoms in total. The summed E-state index contributed by atoms with van der Waals surface area (Å²) in [7, 11) is 0. The summed E-state index contributed by atoms with van der Waals surface area (Å²) in [5.41, 5.74) is 3.17. The highest BCUT2D eigenvalue weighted by molar-refractivity contribution is 7.13. The van der Waals surface area contributed by atoms with Gasteiger partial charge in [-0.15, -0.1) is 11.3 Å². The van der Waals surface area contributed by atoms with Crippen molar-refractivity contribution in [1.82, 2.24) is 15.3 Å². The summed E-state index contributed by atoms with van der Waals surface area (Å²) in [5.74, 6) is 1.17. The Hall–Kier alpha value is -2.96. The fourth-order valence-electron chi connectivity index (χ4n) is 4.00. The van der Waals surface area contributed by atoms with E-state index in [0.717, 1.165) is 53.0 Å². The van der Waals surface area contributed by atoms with Gasteiger partial charge in [-0.25, -0.2) is 0 Å². The Morgan fingerprint density at radius 2 is 2.00 bits per heavy atom. The van der Waals surface area contributed by atoms with Gasteiger partial charge in [0.25, 0.3) is 5.56 Å². The van der Waals surface area contributed by atoms with Gasteiger partial charge in [0.05, 0.1) is 23.4 Å². The number of piperidine rings is 1. The Balaban J connectivity index is 1.64. The zero-order valence-electron chi connectivity index (χ0n) is 16.6. The maximum Gasteiger partial charge on any atom is 0.260 e. The predicted octanol–water partition coefficient (Wildman–Crippen LogP) is 4.70. The van der Waals surface area contributed by atoms with Gasteiger partial charge in [-0.1, -0.05) is 18.2 Å². The van der Waals surface area contributed by atoms with E-state index in [9.17, 15) is 4.79 Å². The molecule has 1 aromatic carbocycles. The smallest absolute Gasteiger partial charge is 0.260 e. The van der Waals surface area contributed by atoms with E-state index in [0.29, 0.717) is 23.8 Å². The van der Waals surface area contributed by atoms with Gasteiger partial charge in [-0.05, 0) is 67.6 Å². The number of nitrogens with one attached hydrogen (secondary N) is 2. The molecule has 2 N–H and O–H groups in total. The summed E-state index contributed by atoms with van der Waals surface area (Å²) in [6.07, 6.45) is 3.97. The van der Waals surface area contributed by atoms with E-state index in [1.807, 2.05) is 47.8 Å². The molecule has 5 rings (SSSR count). The Labute approximate surface area is 178 Å². The molecule has 1 aliphatic rings. The molecule has 0 atom stereocenters. The molecule has 3 aromatic heterocycles. The Bertz CT molecular complexity index is 1200. The van der Waals surface area contributed by atoms with Crippen LogP contribution < -0.4 is 15.6 Å². The fraction of sp³-hybridized carbons (Fsp3) is 0.250. The summed E-state index contributed by atoms with van der Waals surface area (Å²) in [4.78, 5) is 21.4. The van der Waals surface area contributed by atoms with Gasteiger partial charge in [0.1, 0.15) is 5.75 Å². The third-order valence-electron chi connectivity index (χ3n) is 5.62. The molecule has 0 spiro atoms. The van der Waals surface area contributed by atoms with Gasteiger partial charge < -0.3 is 15.0 Å². The molecular formula is C24H23N3O2S. The van der Waals surface area contributed by atoms with E-state index >= 15 is 0 Å². The highest BCUT2D eigenvalue weighted by Gasteiger charge is 2.20. The second kappa shape index (κ2) is 8.42. The van der Waals surface area contributed by atoms with Crippen molar-refractivity contribution >= 4 is 22.2 Å². The molecule has 4 aromatic rings. The van der Waals surface area contributed by atoms with Gasteiger partial charge in [-0.2, -0.15) is 0 Å². The van der Waals surface area contributed by atoms with Crippen LogP contribution in [0.2, 0.25) is 0 Å². The molecule has 1 aliphatic heterocycles. The summed E-state index contributed by atoms with van der Waals surface area (Å²) in [5, 5.41) is 6.29. The van der Waals surface area contributed by atoms with Gasteiger partial charge >= 0.3 is 0 Å². The molecule has 6 heteroatoms. The van der Waals surface area contributed by atoms with Crippen molar-refractivity contribution in [2.24, 2.45) is 5.92 Å². The number of rotatable bonds is 5. The lowest BCUT2D eigenvalue weighted by atomic mass is 9.99. The maximum atomic E-state index is 13.0. The maximum absolute atomic E-state index is 13.0. The average molecular weight is 418 g/mol. The van der Waals surface area contributed by atoms with Crippen LogP contribution in [0.25, 0.3) is 32.6 Å². The summed E-state index contributed by atoms with van der Waals surface area (Å²) < 4.78 is 6.42. The van der Waals surface area contributed by atoms with Gasteiger partial charge in [0, 0.05) is 22.0 Å². The largest absolute Gasteiger partial charge is 0.492 e. The van der Waals surface area contributed by atoms with Gasteiger partial charge in [0.2, 0.25) is 0 Å². The standard InChI is InChI=1S/C24H23N3O2S/c28-24-22(21-5-3-13-30-21)23(29-15-16-8-11-25-12-9-16)18-14-17(6-7-20(18)27-24)19-4-1-2-10-26-19/h1-7,10,13-14,16,25H,8-9,11-12,15H2,(H,27,28). The van der Waals surface area contributed by atoms with Crippen molar-refractivity contribution in [2.75, 3.05) is 19.7 Å². The normalized spacial score (nSPS) is 14.8. The van der Waals surface area contributed by atoms with Gasteiger partial charge in [0.15, 0.2) is 0 Å². The van der Waals surface area contributed by atoms with E-state index in [1.165, 1.54) is 0 Å². The molecule has 0 bridgehead atoms. The van der Waals surface area contributed by atoms with E-state index in [4.69, 9.17) is 4.74 Å². The predicted molar refractivity (Wildman–Crippen MR) is 122 cm³/mol. The van der Waals surface area contributed by atoms with Crippen molar-refractivity contribution < 1.29 is 4.74 Å². The lowest BCUT2D eigenvalue weighted by Crippen LogP contribution is -2.30. The third kappa shape index (κ3) is 3.76. The molecule has 0 amide bonds. The summed E-state index contributed by atoms with van der Waals surface area (Å²) in [6.45, 7) is 2.66. The Morgan fingerprint density at radius 3 is 2.77 bits per heavy atom. The minimum absolute atomic E-state index is 0.115. The van der Waals surface area contributed by atoms with Crippen molar-refractivity contribution in [3.05, 3.63) is 70.5 Å². The van der Waals surface area contributed by atoms with Crippen LogP contribution in [-0.2, 0) is 0 Å². The van der Waals surface area contributed by atoms with Crippen LogP contribution in [0.1, 0.15) is 12.8 Å². The van der Waals surface area contributed by atoms with Crippen LogP contribution in [0.4, 0.5) is 0 Å². The van der Waals surface area contributed by atoms with Crippen molar-refractivity contribution in [3.63, 3.8) is 0 Å². The second-order valence-corrected chi connectivity index (χ2v) is 8.56. The summed E-state index contributed by atoms with van der Waals surface area (Å²) in [6, 6.07) is 15.8. The lowest BCUT2D eigenvalue weighted by molar-refractivity contribution is 0.217. The first-order valence-corrected chi connectivity index (χ1v) is 11.2. The molecule has 30 heavy (non-hydrogen) atoms. The fourth-order valence-corrected chi connectivity index (χ4v) is 4.76. The number of benzene rings is 1. The Morgan fingerprint density at radius 1 is 1.10 bits per heavy atom. The topological polar surface area (TPSA) is 67.0 Å². The summed E-state index contributed by atoms with van der Waals surface area (Å²) >= 11 is 1.55. The molecular weight excluding hydrogens is 394 g/mol. The van der Waals surface area contributed by atoms with Crippen LogP contribution >= 0.6 is 11.3 Å². The molecule has 152 valence electrons. The third-order valence-corrected chi connectivity index (χ3v) is 6.50. The molecule has 0 aliphatic carbocycles. The molecule has 4 heterocycles. The molecule has 0 unspecified atom stereocenters. The minimum atomic E-state index is -0.115. The zero-order valence-corrected chi connectivity index (χ0v) is 17.4. The first kappa shape index (κ1) is 19.0. The SMILES string of the molecule is O=c1[nH]c2ccc(-c3ccccn3)cc2c(OCC2CCNCC2)c1-c1cccs1. The number of thiophene rings is 1. The quantitative estimate of drug-likeness (QED) is 0.494. The van der Waals surface area contributed by atoms with Crippen LogP contribution in [0.15, 0.2) is 64.9 Å².